The van der Waals surface area contributed by atoms with Crippen molar-refractivity contribution in [2.45, 2.75) is 13.8 Å². The molecule has 0 saturated heterocycles. The molecule has 0 heterocycles. The van der Waals surface area contributed by atoms with E-state index in [1.54, 1.807) is 6.07 Å². The molecule has 0 unspecified atom stereocenters. The maximum absolute atomic E-state index is 9.04. The van der Waals surface area contributed by atoms with Gasteiger partial charge in [0, 0.05) is 17.7 Å². The van der Waals surface area contributed by atoms with Crippen molar-refractivity contribution < 1.29 is 10.0 Å². The lowest BCUT2D eigenvalue weighted by atomic mass is 9.78. The lowest BCUT2D eigenvalue weighted by Crippen LogP contribution is -2.32. The lowest BCUT2D eigenvalue weighted by molar-refractivity contribution is 0.426. The van der Waals surface area contributed by atoms with Gasteiger partial charge in [-0.1, -0.05) is 12.1 Å². The van der Waals surface area contributed by atoms with Crippen molar-refractivity contribution in [2.24, 2.45) is 0 Å². The van der Waals surface area contributed by atoms with E-state index in [-0.39, 0.29) is 0 Å². The Morgan fingerprint density at radius 1 is 1.38 bits per heavy atom. The fraction of sp³-hybridized carbons (Fsp3) is 0.333. The molecule has 3 nitrogen and oxygen atoms in total. The van der Waals surface area contributed by atoms with E-state index in [0.717, 1.165) is 17.8 Å². The summed E-state index contributed by atoms with van der Waals surface area (Å²) in [5.74, 6) is 0. The minimum Gasteiger partial charge on any atom is -0.423 e. The second-order valence-corrected chi connectivity index (χ2v) is 2.99. The molecule has 0 radical (unpaired) electrons. The second kappa shape index (κ2) is 4.30. The minimum absolute atomic E-state index is 0.521. The zero-order chi connectivity index (χ0) is 9.84. The van der Waals surface area contributed by atoms with Crippen LogP contribution in [0.2, 0.25) is 0 Å². The maximum atomic E-state index is 9.04. The fourth-order valence-corrected chi connectivity index (χ4v) is 1.24. The highest BCUT2D eigenvalue weighted by molar-refractivity contribution is 6.60. The molecule has 0 spiro atoms. The van der Waals surface area contributed by atoms with Gasteiger partial charge in [-0.3, -0.25) is 0 Å². The number of hydrogen-bond donors (Lipinski definition) is 3. The molecule has 3 N–H and O–H groups in total. The molecular weight excluding hydrogens is 165 g/mol. The summed E-state index contributed by atoms with van der Waals surface area (Å²) in [7, 11) is -1.41. The number of benzene rings is 1. The Kier molecular flexibility index (Phi) is 3.34. The van der Waals surface area contributed by atoms with Gasteiger partial charge in [-0.15, -0.1) is 0 Å². The normalized spacial score (nSPS) is 9.85. The first kappa shape index (κ1) is 10.1. The van der Waals surface area contributed by atoms with Crippen LogP contribution < -0.4 is 10.8 Å². The summed E-state index contributed by atoms with van der Waals surface area (Å²) in [5, 5.41) is 21.2. The standard InChI is InChI=1S/C9H14BNO2/c1-3-11-9-6-7(2)4-5-8(9)10(12)13/h4-6,11-13H,3H2,1-2H3. The van der Waals surface area contributed by atoms with Crippen LogP contribution in [-0.4, -0.2) is 23.7 Å². The lowest BCUT2D eigenvalue weighted by Gasteiger charge is -2.10. The van der Waals surface area contributed by atoms with Gasteiger partial charge in [0.2, 0.25) is 0 Å². The van der Waals surface area contributed by atoms with Gasteiger partial charge in [-0.2, -0.15) is 0 Å². The average Bonchev–Trinajstić information content (AvgIpc) is 2.04. The zero-order valence-corrected chi connectivity index (χ0v) is 7.91. The summed E-state index contributed by atoms with van der Waals surface area (Å²) in [6.45, 7) is 4.70. The van der Waals surface area contributed by atoms with E-state index in [1.807, 2.05) is 26.0 Å². The Morgan fingerprint density at radius 2 is 2.08 bits per heavy atom. The maximum Gasteiger partial charge on any atom is 0.490 e. The smallest absolute Gasteiger partial charge is 0.423 e. The highest BCUT2D eigenvalue weighted by Crippen LogP contribution is 2.07. The van der Waals surface area contributed by atoms with Gasteiger partial charge in [0.05, 0.1) is 0 Å². The second-order valence-electron chi connectivity index (χ2n) is 2.99. The molecular formula is C9H14BNO2. The van der Waals surface area contributed by atoms with Crippen LogP contribution in [0.4, 0.5) is 5.69 Å². The minimum atomic E-state index is -1.41. The summed E-state index contributed by atoms with van der Waals surface area (Å²) in [6.07, 6.45) is 0. The van der Waals surface area contributed by atoms with Crippen molar-refractivity contribution in [3.05, 3.63) is 23.8 Å². The number of anilines is 1. The average molecular weight is 179 g/mol. The number of aryl methyl sites for hydroxylation is 1. The summed E-state index contributed by atoms with van der Waals surface area (Å²) in [6, 6.07) is 5.48. The third-order valence-electron chi connectivity index (χ3n) is 1.85. The van der Waals surface area contributed by atoms with Crippen LogP contribution in [0.3, 0.4) is 0 Å². The number of nitrogens with one attached hydrogen (secondary N) is 1. The highest BCUT2D eigenvalue weighted by atomic mass is 16.4. The monoisotopic (exact) mass is 179 g/mol. The molecule has 4 heteroatoms. The first-order valence-electron chi connectivity index (χ1n) is 4.35. The van der Waals surface area contributed by atoms with Crippen molar-refractivity contribution in [1.82, 2.24) is 0 Å². The van der Waals surface area contributed by atoms with E-state index in [0.29, 0.717) is 5.46 Å². The van der Waals surface area contributed by atoms with Crippen LogP contribution in [0.25, 0.3) is 0 Å². The fourth-order valence-electron chi connectivity index (χ4n) is 1.24. The molecule has 0 amide bonds. The molecule has 0 fully saturated rings. The van der Waals surface area contributed by atoms with Crippen molar-refractivity contribution in [3.63, 3.8) is 0 Å². The molecule has 1 aromatic carbocycles. The topological polar surface area (TPSA) is 52.5 Å². The van der Waals surface area contributed by atoms with Crippen LogP contribution in [0.1, 0.15) is 12.5 Å². The molecule has 0 bridgehead atoms. The number of rotatable bonds is 3. The van der Waals surface area contributed by atoms with Crippen LogP contribution in [-0.2, 0) is 0 Å². The van der Waals surface area contributed by atoms with E-state index in [2.05, 4.69) is 5.32 Å². The van der Waals surface area contributed by atoms with Gasteiger partial charge in [0.1, 0.15) is 0 Å². The highest BCUT2D eigenvalue weighted by Gasteiger charge is 2.14. The molecule has 70 valence electrons. The largest absolute Gasteiger partial charge is 0.490 e. The van der Waals surface area contributed by atoms with Crippen LogP contribution in [0.5, 0.6) is 0 Å². The molecule has 0 aromatic heterocycles. The molecule has 1 rings (SSSR count). The van der Waals surface area contributed by atoms with Gasteiger partial charge in [-0.25, -0.2) is 0 Å². The van der Waals surface area contributed by atoms with E-state index >= 15 is 0 Å². The van der Waals surface area contributed by atoms with Gasteiger partial charge in [0.15, 0.2) is 0 Å². The zero-order valence-electron chi connectivity index (χ0n) is 7.91. The van der Waals surface area contributed by atoms with Crippen LogP contribution in [0, 0.1) is 6.92 Å². The first-order chi connectivity index (χ1) is 6.15. The quantitative estimate of drug-likeness (QED) is 0.577. The summed E-state index contributed by atoms with van der Waals surface area (Å²) >= 11 is 0. The first-order valence-corrected chi connectivity index (χ1v) is 4.35. The number of hydrogen-bond acceptors (Lipinski definition) is 3. The van der Waals surface area contributed by atoms with Crippen molar-refractivity contribution >= 4 is 18.3 Å². The van der Waals surface area contributed by atoms with Crippen LogP contribution in [0.15, 0.2) is 18.2 Å². The molecule has 1 aromatic rings. The molecule has 0 aliphatic rings. The van der Waals surface area contributed by atoms with Crippen molar-refractivity contribution in [3.8, 4) is 0 Å². The molecule has 13 heavy (non-hydrogen) atoms. The van der Waals surface area contributed by atoms with E-state index in [4.69, 9.17) is 10.0 Å². The molecule has 0 saturated carbocycles. The Labute approximate surface area is 78.6 Å². The van der Waals surface area contributed by atoms with E-state index < -0.39 is 7.12 Å². The molecule has 0 aliphatic heterocycles. The van der Waals surface area contributed by atoms with Gasteiger partial charge < -0.3 is 15.4 Å². The Bertz CT molecular complexity index is 289. The Hall–Kier alpha value is -0.995. The Balaban J connectivity index is 3.03. The van der Waals surface area contributed by atoms with Gasteiger partial charge in [-0.05, 0) is 25.5 Å². The van der Waals surface area contributed by atoms with Crippen molar-refractivity contribution in [2.75, 3.05) is 11.9 Å². The molecule has 0 aliphatic carbocycles. The summed E-state index contributed by atoms with van der Waals surface area (Å²) < 4.78 is 0. The van der Waals surface area contributed by atoms with Gasteiger partial charge in [0.25, 0.3) is 0 Å². The summed E-state index contributed by atoms with van der Waals surface area (Å²) in [4.78, 5) is 0. The van der Waals surface area contributed by atoms with E-state index in [9.17, 15) is 0 Å². The Morgan fingerprint density at radius 3 is 2.62 bits per heavy atom. The predicted molar refractivity (Wildman–Crippen MR) is 55.2 cm³/mol. The predicted octanol–water partition coefficient (Wildman–Crippen LogP) is 0.107. The van der Waals surface area contributed by atoms with Crippen molar-refractivity contribution in [1.29, 1.82) is 0 Å². The third-order valence-corrected chi connectivity index (χ3v) is 1.85. The third kappa shape index (κ3) is 2.47. The van der Waals surface area contributed by atoms with Gasteiger partial charge >= 0.3 is 7.12 Å². The van der Waals surface area contributed by atoms with E-state index in [1.165, 1.54) is 0 Å². The molecule has 0 atom stereocenters. The SMILES string of the molecule is CCNc1cc(C)ccc1B(O)O. The van der Waals surface area contributed by atoms with Crippen LogP contribution >= 0.6 is 0 Å². The summed E-state index contributed by atoms with van der Waals surface area (Å²) in [5.41, 5.74) is 2.41.